The Balaban J connectivity index is 2.97. The van der Waals surface area contributed by atoms with Crippen LogP contribution in [-0.2, 0) is 13.2 Å². The van der Waals surface area contributed by atoms with Crippen LogP contribution in [0.2, 0.25) is 0 Å². The van der Waals surface area contributed by atoms with Crippen molar-refractivity contribution < 1.29 is 9.90 Å². The van der Waals surface area contributed by atoms with Crippen LogP contribution < -0.4 is 0 Å². The number of carbonyl (C=O) groups is 1. The van der Waals surface area contributed by atoms with Gasteiger partial charge in [0.05, 0.1) is 12.3 Å². The standard InChI is InChI=1S/C10H15NO2/c1-8(2)5-11-9(6-12)3-4-10(11)7-13/h3-4,6,8,13H,5,7H2,1-2H3. The van der Waals surface area contributed by atoms with Crippen LogP contribution in [0.25, 0.3) is 0 Å². The van der Waals surface area contributed by atoms with Crippen molar-refractivity contribution in [2.45, 2.75) is 27.0 Å². The fourth-order valence-corrected chi connectivity index (χ4v) is 1.36. The van der Waals surface area contributed by atoms with Gasteiger partial charge in [-0.3, -0.25) is 4.79 Å². The van der Waals surface area contributed by atoms with E-state index in [4.69, 9.17) is 5.11 Å². The molecule has 0 aliphatic carbocycles. The highest BCUT2D eigenvalue weighted by Crippen LogP contribution is 2.10. The number of carbonyl (C=O) groups excluding carboxylic acids is 1. The van der Waals surface area contributed by atoms with Gasteiger partial charge in [-0.25, -0.2) is 0 Å². The van der Waals surface area contributed by atoms with Gasteiger partial charge in [0.25, 0.3) is 0 Å². The van der Waals surface area contributed by atoms with Crippen LogP contribution >= 0.6 is 0 Å². The van der Waals surface area contributed by atoms with Gasteiger partial charge in [0.2, 0.25) is 0 Å². The number of aldehydes is 1. The minimum atomic E-state index is -0.0133. The van der Waals surface area contributed by atoms with Crippen molar-refractivity contribution in [3.63, 3.8) is 0 Å². The monoisotopic (exact) mass is 181 g/mol. The van der Waals surface area contributed by atoms with Crippen molar-refractivity contribution in [2.75, 3.05) is 0 Å². The minimum absolute atomic E-state index is 0.0133. The predicted octanol–water partition coefficient (Wildman–Crippen LogP) is 1.45. The van der Waals surface area contributed by atoms with Gasteiger partial charge in [-0.05, 0) is 18.1 Å². The van der Waals surface area contributed by atoms with Crippen molar-refractivity contribution in [1.82, 2.24) is 4.57 Å². The molecule has 0 aliphatic rings. The molecule has 0 bridgehead atoms. The summed E-state index contributed by atoms with van der Waals surface area (Å²) >= 11 is 0. The number of hydrogen-bond acceptors (Lipinski definition) is 2. The maximum atomic E-state index is 10.6. The number of aromatic nitrogens is 1. The number of rotatable bonds is 4. The molecule has 0 radical (unpaired) electrons. The Hall–Kier alpha value is -1.09. The maximum absolute atomic E-state index is 10.6. The van der Waals surface area contributed by atoms with Gasteiger partial charge in [-0.2, -0.15) is 0 Å². The SMILES string of the molecule is CC(C)Cn1c(C=O)ccc1CO. The summed E-state index contributed by atoms with van der Waals surface area (Å²) in [6, 6.07) is 3.52. The van der Waals surface area contributed by atoms with E-state index in [0.717, 1.165) is 18.5 Å². The van der Waals surface area contributed by atoms with Gasteiger partial charge in [0.1, 0.15) is 0 Å². The van der Waals surface area contributed by atoms with Gasteiger partial charge in [0.15, 0.2) is 6.29 Å². The molecule has 0 unspecified atom stereocenters. The summed E-state index contributed by atoms with van der Waals surface area (Å²) in [4.78, 5) is 10.6. The molecular formula is C10H15NO2. The van der Waals surface area contributed by atoms with Crippen molar-refractivity contribution in [3.8, 4) is 0 Å². The first-order chi connectivity index (χ1) is 6.19. The van der Waals surface area contributed by atoms with E-state index in [0.29, 0.717) is 11.6 Å². The van der Waals surface area contributed by atoms with Crippen LogP contribution in [0.5, 0.6) is 0 Å². The highest BCUT2D eigenvalue weighted by molar-refractivity contribution is 5.72. The third-order valence-corrected chi connectivity index (χ3v) is 1.94. The first kappa shape index (κ1) is 9.99. The highest BCUT2D eigenvalue weighted by Gasteiger charge is 2.07. The fourth-order valence-electron chi connectivity index (χ4n) is 1.36. The maximum Gasteiger partial charge on any atom is 0.166 e. The molecule has 1 aromatic rings. The Morgan fingerprint density at radius 3 is 2.69 bits per heavy atom. The molecule has 0 aromatic carbocycles. The summed E-state index contributed by atoms with van der Waals surface area (Å²) in [5.41, 5.74) is 1.44. The minimum Gasteiger partial charge on any atom is -0.390 e. The lowest BCUT2D eigenvalue weighted by atomic mass is 10.2. The van der Waals surface area contributed by atoms with E-state index in [9.17, 15) is 4.79 Å². The second-order valence-corrected chi connectivity index (χ2v) is 3.53. The van der Waals surface area contributed by atoms with Crippen LogP contribution in [0.4, 0.5) is 0 Å². The molecular weight excluding hydrogens is 166 g/mol. The zero-order valence-electron chi connectivity index (χ0n) is 8.03. The molecule has 0 aliphatic heterocycles. The summed E-state index contributed by atoms with van der Waals surface area (Å²) in [6.07, 6.45) is 0.821. The number of aliphatic hydroxyl groups excluding tert-OH is 1. The van der Waals surface area contributed by atoms with Crippen LogP contribution in [-0.4, -0.2) is 16.0 Å². The second kappa shape index (κ2) is 4.23. The van der Waals surface area contributed by atoms with Crippen molar-refractivity contribution >= 4 is 6.29 Å². The quantitative estimate of drug-likeness (QED) is 0.714. The van der Waals surface area contributed by atoms with E-state index in [-0.39, 0.29) is 6.61 Å². The lowest BCUT2D eigenvalue weighted by Crippen LogP contribution is -2.10. The lowest BCUT2D eigenvalue weighted by Gasteiger charge is -2.11. The van der Waals surface area contributed by atoms with Crippen LogP contribution in [0.1, 0.15) is 30.0 Å². The molecule has 0 spiro atoms. The van der Waals surface area contributed by atoms with Crippen molar-refractivity contribution in [2.24, 2.45) is 5.92 Å². The molecule has 0 saturated carbocycles. The molecule has 0 atom stereocenters. The molecule has 0 saturated heterocycles. The Labute approximate surface area is 78.0 Å². The largest absolute Gasteiger partial charge is 0.390 e. The molecule has 72 valence electrons. The number of aliphatic hydroxyl groups is 1. The van der Waals surface area contributed by atoms with E-state index in [2.05, 4.69) is 13.8 Å². The van der Waals surface area contributed by atoms with E-state index in [1.54, 1.807) is 12.1 Å². The molecule has 1 rings (SSSR count). The summed E-state index contributed by atoms with van der Waals surface area (Å²) in [6.45, 7) is 4.92. The third-order valence-electron chi connectivity index (χ3n) is 1.94. The molecule has 0 fully saturated rings. The summed E-state index contributed by atoms with van der Waals surface area (Å²) < 4.78 is 1.86. The van der Waals surface area contributed by atoms with E-state index >= 15 is 0 Å². The zero-order valence-corrected chi connectivity index (χ0v) is 8.03. The first-order valence-corrected chi connectivity index (χ1v) is 4.43. The van der Waals surface area contributed by atoms with Gasteiger partial charge in [-0.15, -0.1) is 0 Å². The average molecular weight is 181 g/mol. The molecule has 3 heteroatoms. The Morgan fingerprint density at radius 2 is 2.23 bits per heavy atom. The summed E-state index contributed by atoms with van der Waals surface area (Å²) in [5.74, 6) is 0.469. The van der Waals surface area contributed by atoms with Crippen LogP contribution in [0.15, 0.2) is 12.1 Å². The van der Waals surface area contributed by atoms with E-state index in [1.165, 1.54) is 0 Å². The van der Waals surface area contributed by atoms with Crippen molar-refractivity contribution in [1.29, 1.82) is 0 Å². The lowest BCUT2D eigenvalue weighted by molar-refractivity contribution is 0.111. The van der Waals surface area contributed by atoms with Crippen LogP contribution in [0, 0.1) is 5.92 Å². The topological polar surface area (TPSA) is 42.2 Å². The molecule has 1 N–H and O–H groups in total. The highest BCUT2D eigenvalue weighted by atomic mass is 16.3. The summed E-state index contributed by atoms with van der Waals surface area (Å²) in [7, 11) is 0. The van der Waals surface area contributed by atoms with Gasteiger partial charge >= 0.3 is 0 Å². The Bertz CT molecular complexity index is 289. The molecule has 0 amide bonds. The molecule has 1 aromatic heterocycles. The number of hydrogen-bond donors (Lipinski definition) is 1. The van der Waals surface area contributed by atoms with E-state index < -0.39 is 0 Å². The summed E-state index contributed by atoms with van der Waals surface area (Å²) in [5, 5.41) is 9.00. The molecule has 13 heavy (non-hydrogen) atoms. The fraction of sp³-hybridized carbons (Fsp3) is 0.500. The van der Waals surface area contributed by atoms with Gasteiger partial charge in [-0.1, -0.05) is 13.8 Å². The number of nitrogens with zero attached hydrogens (tertiary/aromatic N) is 1. The Morgan fingerprint density at radius 1 is 1.54 bits per heavy atom. The molecule has 3 nitrogen and oxygen atoms in total. The van der Waals surface area contributed by atoms with Crippen LogP contribution in [0.3, 0.4) is 0 Å². The Kier molecular flexibility index (Phi) is 3.25. The van der Waals surface area contributed by atoms with Gasteiger partial charge in [0, 0.05) is 12.2 Å². The van der Waals surface area contributed by atoms with E-state index in [1.807, 2.05) is 4.57 Å². The predicted molar refractivity (Wildman–Crippen MR) is 50.6 cm³/mol. The molecule has 1 heterocycles. The first-order valence-electron chi connectivity index (χ1n) is 4.43. The smallest absolute Gasteiger partial charge is 0.166 e. The van der Waals surface area contributed by atoms with Gasteiger partial charge < -0.3 is 9.67 Å². The zero-order chi connectivity index (χ0) is 9.84. The second-order valence-electron chi connectivity index (χ2n) is 3.53. The third kappa shape index (κ3) is 2.18. The average Bonchev–Trinajstić information content (AvgIpc) is 2.46. The normalized spacial score (nSPS) is 10.8. The van der Waals surface area contributed by atoms with Crippen molar-refractivity contribution in [3.05, 3.63) is 23.5 Å².